The molecule has 2 aromatic carbocycles. The van der Waals surface area contributed by atoms with Crippen molar-refractivity contribution < 1.29 is 22.7 Å². The molecule has 2 rings (SSSR count). The molecule has 0 aliphatic carbocycles. The van der Waals surface area contributed by atoms with Crippen molar-refractivity contribution in [3.63, 3.8) is 0 Å². The van der Waals surface area contributed by atoms with E-state index in [0.29, 0.717) is 13.0 Å². The Morgan fingerprint density at radius 2 is 1.79 bits per heavy atom. The Kier molecular flexibility index (Phi) is 7.79. The average Bonchev–Trinajstić information content (AvgIpc) is 2.66. The molecule has 0 saturated carbocycles. The van der Waals surface area contributed by atoms with Crippen LogP contribution in [0.1, 0.15) is 25.0 Å². The van der Waals surface area contributed by atoms with Crippen LogP contribution >= 0.6 is 11.6 Å². The number of benzene rings is 2. The molecule has 2 aromatic rings. The third-order valence-electron chi connectivity index (χ3n) is 4.43. The summed E-state index contributed by atoms with van der Waals surface area (Å²) in [5.74, 6) is 0.411. The van der Waals surface area contributed by atoms with Gasteiger partial charge in [0.2, 0.25) is 5.91 Å². The van der Waals surface area contributed by atoms with Gasteiger partial charge in [0.1, 0.15) is 11.8 Å². The molecule has 0 fully saturated rings. The number of hydrogen-bond donors (Lipinski definition) is 2. The molecule has 2 N–H and O–H groups in total. The second kappa shape index (κ2) is 9.87. The minimum absolute atomic E-state index is 0.0866. The molecule has 0 aliphatic rings. The molecule has 0 bridgehead atoms. The molecule has 0 saturated heterocycles. The molecule has 4 nitrogen and oxygen atoms in total. The Bertz CT molecular complexity index is 824. The minimum atomic E-state index is -4.47. The van der Waals surface area contributed by atoms with Gasteiger partial charge in [0.25, 0.3) is 0 Å². The maximum absolute atomic E-state index is 12.8. The summed E-state index contributed by atoms with van der Waals surface area (Å²) in [6, 6.07) is 9.93. The summed E-state index contributed by atoms with van der Waals surface area (Å²) >= 11 is 5.99. The molecular formula is C21H24ClF3N2O2. The molecule has 0 spiro atoms. The van der Waals surface area contributed by atoms with Gasteiger partial charge in [-0.3, -0.25) is 4.79 Å². The lowest BCUT2D eigenvalue weighted by Crippen LogP contribution is -2.43. The van der Waals surface area contributed by atoms with E-state index >= 15 is 0 Å². The van der Waals surface area contributed by atoms with Gasteiger partial charge in [0.15, 0.2) is 0 Å². The highest BCUT2D eigenvalue weighted by Crippen LogP contribution is 2.34. The lowest BCUT2D eigenvalue weighted by Gasteiger charge is -2.23. The van der Waals surface area contributed by atoms with E-state index in [1.165, 1.54) is 6.07 Å². The summed E-state index contributed by atoms with van der Waals surface area (Å²) in [4.78, 5) is 12.6. The molecule has 1 atom stereocenters. The minimum Gasteiger partial charge on any atom is -0.497 e. The molecular weight excluding hydrogens is 405 g/mol. The van der Waals surface area contributed by atoms with Crippen molar-refractivity contribution >= 4 is 23.2 Å². The summed E-state index contributed by atoms with van der Waals surface area (Å²) in [7, 11) is 1.59. The lowest BCUT2D eigenvalue weighted by molar-refractivity contribution is -0.137. The highest BCUT2D eigenvalue weighted by molar-refractivity contribution is 6.33. The molecule has 0 aromatic heterocycles. The van der Waals surface area contributed by atoms with Crippen molar-refractivity contribution in [2.75, 3.05) is 19.0 Å². The van der Waals surface area contributed by atoms with Crippen molar-refractivity contribution in [2.45, 2.75) is 32.5 Å². The van der Waals surface area contributed by atoms with Gasteiger partial charge < -0.3 is 15.4 Å². The number of halogens is 4. The number of anilines is 1. The highest BCUT2D eigenvalue weighted by atomic mass is 35.5. The second-order valence-corrected chi connectivity index (χ2v) is 7.35. The zero-order chi connectivity index (χ0) is 21.6. The third-order valence-corrected chi connectivity index (χ3v) is 4.74. The second-order valence-electron chi connectivity index (χ2n) is 6.95. The van der Waals surface area contributed by atoms with Gasteiger partial charge in [-0.2, -0.15) is 13.2 Å². The van der Waals surface area contributed by atoms with E-state index in [1.54, 1.807) is 7.11 Å². The van der Waals surface area contributed by atoms with Gasteiger partial charge in [-0.1, -0.05) is 37.6 Å². The maximum Gasteiger partial charge on any atom is 0.416 e. The highest BCUT2D eigenvalue weighted by Gasteiger charge is 2.31. The van der Waals surface area contributed by atoms with Gasteiger partial charge in [-0.15, -0.1) is 0 Å². The first kappa shape index (κ1) is 22.9. The Morgan fingerprint density at radius 1 is 1.14 bits per heavy atom. The zero-order valence-corrected chi connectivity index (χ0v) is 17.2. The first-order valence-corrected chi connectivity index (χ1v) is 9.53. The van der Waals surface area contributed by atoms with Gasteiger partial charge in [-0.25, -0.2) is 0 Å². The number of rotatable bonds is 8. The van der Waals surface area contributed by atoms with Crippen LogP contribution in [0.4, 0.5) is 18.9 Å². The number of carbonyl (C=O) groups excluding carboxylic acids is 1. The summed E-state index contributed by atoms with van der Waals surface area (Å²) in [5.41, 5.74) is 0.493. The van der Waals surface area contributed by atoms with Crippen molar-refractivity contribution in [1.29, 1.82) is 0 Å². The van der Waals surface area contributed by atoms with E-state index in [2.05, 4.69) is 10.6 Å². The van der Waals surface area contributed by atoms with E-state index in [-0.39, 0.29) is 22.5 Å². The molecule has 0 heterocycles. The fourth-order valence-corrected chi connectivity index (χ4v) is 2.98. The molecule has 1 amide bonds. The number of nitrogens with one attached hydrogen (secondary N) is 2. The number of carbonyl (C=O) groups is 1. The number of alkyl halides is 3. The fraction of sp³-hybridized carbons (Fsp3) is 0.381. The summed E-state index contributed by atoms with van der Waals surface area (Å²) in [6.45, 7) is 4.12. The molecule has 0 unspecified atom stereocenters. The van der Waals surface area contributed by atoms with Gasteiger partial charge in [0.05, 0.1) is 23.4 Å². The van der Waals surface area contributed by atoms with Crippen LogP contribution in [0, 0.1) is 5.92 Å². The first-order chi connectivity index (χ1) is 13.6. The average molecular weight is 429 g/mol. The number of methoxy groups -OCH3 is 1. The van der Waals surface area contributed by atoms with Crippen molar-refractivity contribution in [3.8, 4) is 5.75 Å². The van der Waals surface area contributed by atoms with Crippen LogP contribution < -0.4 is 15.4 Å². The van der Waals surface area contributed by atoms with Crippen LogP contribution in [0.5, 0.6) is 5.75 Å². The largest absolute Gasteiger partial charge is 0.497 e. The van der Waals surface area contributed by atoms with E-state index in [4.69, 9.17) is 16.3 Å². The quantitative estimate of drug-likeness (QED) is 0.610. The Balaban J connectivity index is 1.98. The Labute approximate surface area is 173 Å². The summed E-state index contributed by atoms with van der Waals surface area (Å²) in [6.07, 6.45) is -3.83. The Hall–Kier alpha value is -2.41. The SMILES string of the molecule is COc1ccc(CCNC(=O)[C@H](Nc2ccc(C(F)(F)F)cc2Cl)C(C)C)cc1. The number of hydrogen-bond acceptors (Lipinski definition) is 3. The molecule has 0 radical (unpaired) electrons. The van der Waals surface area contributed by atoms with Crippen molar-refractivity contribution in [2.24, 2.45) is 5.92 Å². The van der Waals surface area contributed by atoms with Gasteiger partial charge in [-0.05, 0) is 48.2 Å². The first-order valence-electron chi connectivity index (χ1n) is 9.15. The number of amides is 1. The topological polar surface area (TPSA) is 50.4 Å². The summed E-state index contributed by atoms with van der Waals surface area (Å²) in [5, 5.41) is 5.74. The third kappa shape index (κ3) is 6.56. The van der Waals surface area contributed by atoms with Crippen LogP contribution in [0.2, 0.25) is 5.02 Å². The standard InChI is InChI=1S/C21H24ClF3N2O2/c1-13(2)19(27-18-9-6-15(12-17(18)22)21(23,24)25)20(28)26-11-10-14-4-7-16(29-3)8-5-14/h4-9,12-13,19,27H,10-11H2,1-3H3,(H,26,28)/t19-/m1/s1. The van der Waals surface area contributed by atoms with Crippen LogP contribution in [0.3, 0.4) is 0 Å². The monoisotopic (exact) mass is 428 g/mol. The van der Waals surface area contributed by atoms with Gasteiger partial charge >= 0.3 is 6.18 Å². The maximum atomic E-state index is 12.8. The Morgan fingerprint density at radius 3 is 2.31 bits per heavy atom. The fourth-order valence-electron chi connectivity index (χ4n) is 2.74. The van der Waals surface area contributed by atoms with E-state index in [9.17, 15) is 18.0 Å². The van der Waals surface area contributed by atoms with Crippen LogP contribution in [0.25, 0.3) is 0 Å². The molecule has 8 heteroatoms. The van der Waals surface area contributed by atoms with Crippen molar-refractivity contribution in [1.82, 2.24) is 5.32 Å². The van der Waals surface area contributed by atoms with Gasteiger partial charge in [0, 0.05) is 6.54 Å². The predicted octanol–water partition coefficient (Wildman–Crippen LogP) is 5.16. The van der Waals surface area contributed by atoms with E-state index in [0.717, 1.165) is 23.4 Å². The predicted molar refractivity (Wildman–Crippen MR) is 108 cm³/mol. The van der Waals surface area contributed by atoms with Crippen LogP contribution in [-0.2, 0) is 17.4 Å². The lowest BCUT2D eigenvalue weighted by atomic mass is 10.0. The van der Waals surface area contributed by atoms with Crippen LogP contribution in [0.15, 0.2) is 42.5 Å². The van der Waals surface area contributed by atoms with Crippen molar-refractivity contribution in [3.05, 3.63) is 58.6 Å². The molecule has 158 valence electrons. The van der Waals surface area contributed by atoms with E-state index in [1.807, 2.05) is 38.1 Å². The van der Waals surface area contributed by atoms with E-state index < -0.39 is 17.8 Å². The molecule has 29 heavy (non-hydrogen) atoms. The zero-order valence-electron chi connectivity index (χ0n) is 16.4. The molecule has 0 aliphatic heterocycles. The van der Waals surface area contributed by atoms with Crippen LogP contribution in [-0.4, -0.2) is 25.6 Å². The normalized spacial score (nSPS) is 12.6. The smallest absolute Gasteiger partial charge is 0.416 e. The summed E-state index contributed by atoms with van der Waals surface area (Å²) < 4.78 is 43.5. The number of ether oxygens (including phenoxy) is 1.